The number of benzene rings is 2. The topological polar surface area (TPSA) is 47.6 Å². The number of aryl methyl sites for hydroxylation is 1. The Hall–Kier alpha value is -2.56. The van der Waals surface area contributed by atoms with E-state index in [2.05, 4.69) is 5.32 Å². The molecule has 0 radical (unpaired) electrons. The van der Waals surface area contributed by atoms with Crippen LogP contribution in [0.25, 0.3) is 0 Å². The van der Waals surface area contributed by atoms with Gasteiger partial charge in [0.2, 0.25) is 0 Å². The van der Waals surface area contributed by atoms with Crippen molar-refractivity contribution in [3.63, 3.8) is 0 Å². The molecule has 0 spiro atoms. The number of hydrogen-bond acceptors (Lipinski definition) is 3. The van der Waals surface area contributed by atoms with Gasteiger partial charge in [-0.1, -0.05) is 18.2 Å². The standard InChI is InChI=1S/C17H16FNO3/c1-11-8-15-16(22-7-6-21-15)9-13(11)17(20)19-10-12-4-2-3-5-14(12)18/h2-5,8-9H,6-7,10H2,1H3,(H,19,20). The third-order valence-corrected chi connectivity index (χ3v) is 3.53. The maximum Gasteiger partial charge on any atom is 0.251 e. The van der Waals surface area contributed by atoms with Crippen LogP contribution >= 0.6 is 0 Å². The normalized spacial score (nSPS) is 12.8. The molecule has 0 aromatic heterocycles. The fraction of sp³-hybridized carbons (Fsp3) is 0.235. The summed E-state index contributed by atoms with van der Waals surface area (Å²) in [5.74, 6) is 0.613. The number of rotatable bonds is 3. The van der Waals surface area contributed by atoms with Gasteiger partial charge >= 0.3 is 0 Å². The second-order valence-corrected chi connectivity index (χ2v) is 5.08. The lowest BCUT2D eigenvalue weighted by atomic mass is 10.1. The number of halogens is 1. The molecule has 0 saturated heterocycles. The number of nitrogens with one attached hydrogen (secondary N) is 1. The summed E-state index contributed by atoms with van der Waals surface area (Å²) in [6.45, 7) is 2.94. The van der Waals surface area contributed by atoms with E-state index < -0.39 is 0 Å². The average Bonchev–Trinajstić information content (AvgIpc) is 2.53. The van der Waals surface area contributed by atoms with Crippen LogP contribution < -0.4 is 14.8 Å². The Kier molecular flexibility index (Phi) is 3.96. The molecule has 3 rings (SSSR count). The van der Waals surface area contributed by atoms with Crippen molar-refractivity contribution in [1.82, 2.24) is 5.32 Å². The summed E-state index contributed by atoms with van der Waals surface area (Å²) in [4.78, 5) is 12.3. The molecule has 0 bridgehead atoms. The van der Waals surface area contributed by atoms with Crippen LogP contribution in [0.2, 0.25) is 0 Å². The molecular formula is C17H16FNO3. The van der Waals surface area contributed by atoms with E-state index in [9.17, 15) is 9.18 Å². The van der Waals surface area contributed by atoms with Gasteiger partial charge in [0.1, 0.15) is 19.0 Å². The first kappa shape index (κ1) is 14.4. The summed E-state index contributed by atoms with van der Waals surface area (Å²) in [5.41, 5.74) is 1.74. The molecule has 22 heavy (non-hydrogen) atoms. The maximum absolute atomic E-state index is 13.6. The number of amides is 1. The van der Waals surface area contributed by atoms with Crippen LogP contribution in [0.3, 0.4) is 0 Å². The largest absolute Gasteiger partial charge is 0.486 e. The van der Waals surface area contributed by atoms with E-state index in [4.69, 9.17) is 9.47 Å². The molecule has 0 saturated carbocycles. The third kappa shape index (κ3) is 2.88. The Labute approximate surface area is 127 Å². The Morgan fingerprint density at radius 2 is 1.86 bits per heavy atom. The van der Waals surface area contributed by atoms with Gasteiger partial charge in [0.15, 0.2) is 11.5 Å². The van der Waals surface area contributed by atoms with E-state index in [1.807, 2.05) is 6.92 Å². The highest BCUT2D eigenvalue weighted by Gasteiger charge is 2.18. The van der Waals surface area contributed by atoms with Crippen molar-refractivity contribution >= 4 is 5.91 Å². The zero-order chi connectivity index (χ0) is 15.5. The quantitative estimate of drug-likeness (QED) is 0.948. The van der Waals surface area contributed by atoms with Gasteiger partial charge in [-0.2, -0.15) is 0 Å². The molecule has 2 aromatic carbocycles. The zero-order valence-electron chi connectivity index (χ0n) is 12.2. The van der Waals surface area contributed by atoms with Crippen LogP contribution in [-0.4, -0.2) is 19.1 Å². The molecular weight excluding hydrogens is 285 g/mol. The summed E-state index contributed by atoms with van der Waals surface area (Å²) in [7, 11) is 0. The summed E-state index contributed by atoms with van der Waals surface area (Å²) < 4.78 is 24.5. The Balaban J connectivity index is 1.76. The molecule has 0 unspecified atom stereocenters. The minimum Gasteiger partial charge on any atom is -0.486 e. The minimum atomic E-state index is -0.332. The number of fused-ring (bicyclic) bond motifs is 1. The third-order valence-electron chi connectivity index (χ3n) is 3.53. The number of carbonyl (C=O) groups is 1. The fourth-order valence-corrected chi connectivity index (χ4v) is 2.35. The second kappa shape index (κ2) is 6.05. The second-order valence-electron chi connectivity index (χ2n) is 5.08. The summed E-state index contributed by atoms with van der Waals surface area (Å²) in [5, 5.41) is 2.73. The molecule has 1 aliphatic rings. The maximum atomic E-state index is 13.6. The molecule has 4 nitrogen and oxygen atoms in total. The SMILES string of the molecule is Cc1cc2c(cc1C(=O)NCc1ccccc1F)OCCO2. The highest BCUT2D eigenvalue weighted by atomic mass is 19.1. The van der Waals surface area contributed by atoms with Crippen LogP contribution in [0.15, 0.2) is 36.4 Å². The van der Waals surface area contributed by atoms with E-state index in [1.165, 1.54) is 6.07 Å². The first-order valence-electron chi connectivity index (χ1n) is 7.07. The Morgan fingerprint density at radius 3 is 2.59 bits per heavy atom. The van der Waals surface area contributed by atoms with Gasteiger partial charge in [-0.05, 0) is 30.7 Å². The summed E-state index contributed by atoms with van der Waals surface area (Å²) >= 11 is 0. The van der Waals surface area contributed by atoms with Crippen molar-refractivity contribution in [2.75, 3.05) is 13.2 Å². The molecule has 1 aliphatic heterocycles. The van der Waals surface area contributed by atoms with E-state index >= 15 is 0 Å². The van der Waals surface area contributed by atoms with E-state index in [0.29, 0.717) is 35.8 Å². The predicted molar refractivity (Wildman–Crippen MR) is 79.7 cm³/mol. The van der Waals surface area contributed by atoms with Gasteiger partial charge in [0.05, 0.1) is 0 Å². The van der Waals surface area contributed by atoms with Crippen LogP contribution in [0, 0.1) is 12.7 Å². The van der Waals surface area contributed by atoms with E-state index in [1.54, 1.807) is 30.3 Å². The molecule has 0 atom stereocenters. The lowest BCUT2D eigenvalue weighted by Gasteiger charge is -2.20. The predicted octanol–water partition coefficient (Wildman–Crippen LogP) is 2.84. The molecule has 0 aliphatic carbocycles. The first-order valence-corrected chi connectivity index (χ1v) is 7.07. The van der Waals surface area contributed by atoms with E-state index in [0.717, 1.165) is 5.56 Å². The van der Waals surface area contributed by atoms with Crippen molar-refractivity contribution in [3.8, 4) is 11.5 Å². The van der Waals surface area contributed by atoms with Gasteiger partial charge in [0, 0.05) is 17.7 Å². The molecule has 1 N–H and O–H groups in total. The van der Waals surface area contributed by atoms with Crippen LogP contribution in [0.4, 0.5) is 4.39 Å². The lowest BCUT2D eigenvalue weighted by molar-refractivity contribution is 0.0948. The molecule has 0 fully saturated rings. The lowest BCUT2D eigenvalue weighted by Crippen LogP contribution is -2.25. The molecule has 1 amide bonds. The summed E-state index contributed by atoms with van der Waals surface area (Å²) in [6, 6.07) is 9.82. The van der Waals surface area contributed by atoms with Crippen LogP contribution in [-0.2, 0) is 6.54 Å². The van der Waals surface area contributed by atoms with Crippen molar-refractivity contribution in [1.29, 1.82) is 0 Å². The summed E-state index contributed by atoms with van der Waals surface area (Å²) in [6.07, 6.45) is 0. The zero-order valence-corrected chi connectivity index (χ0v) is 12.2. The average molecular weight is 301 g/mol. The van der Waals surface area contributed by atoms with Gasteiger partial charge in [-0.25, -0.2) is 4.39 Å². The smallest absolute Gasteiger partial charge is 0.251 e. The number of carbonyl (C=O) groups excluding carboxylic acids is 1. The van der Waals surface area contributed by atoms with Gasteiger partial charge in [0.25, 0.3) is 5.91 Å². The van der Waals surface area contributed by atoms with Crippen molar-refractivity contribution in [2.24, 2.45) is 0 Å². The Morgan fingerprint density at radius 1 is 1.18 bits per heavy atom. The fourth-order valence-electron chi connectivity index (χ4n) is 2.35. The first-order chi connectivity index (χ1) is 10.6. The number of hydrogen-bond donors (Lipinski definition) is 1. The monoisotopic (exact) mass is 301 g/mol. The van der Waals surface area contributed by atoms with Gasteiger partial charge < -0.3 is 14.8 Å². The number of ether oxygens (including phenoxy) is 2. The van der Waals surface area contributed by atoms with Crippen LogP contribution in [0.5, 0.6) is 11.5 Å². The molecule has 5 heteroatoms. The highest BCUT2D eigenvalue weighted by molar-refractivity contribution is 5.96. The molecule has 1 heterocycles. The van der Waals surface area contributed by atoms with Crippen molar-refractivity contribution in [3.05, 3.63) is 58.9 Å². The molecule has 2 aromatic rings. The van der Waals surface area contributed by atoms with E-state index in [-0.39, 0.29) is 18.3 Å². The van der Waals surface area contributed by atoms with Crippen LogP contribution in [0.1, 0.15) is 21.5 Å². The van der Waals surface area contributed by atoms with Crippen molar-refractivity contribution in [2.45, 2.75) is 13.5 Å². The highest BCUT2D eigenvalue weighted by Crippen LogP contribution is 2.32. The van der Waals surface area contributed by atoms with Gasteiger partial charge in [-0.15, -0.1) is 0 Å². The van der Waals surface area contributed by atoms with Crippen molar-refractivity contribution < 1.29 is 18.7 Å². The molecule has 114 valence electrons. The Bertz CT molecular complexity index is 715. The minimum absolute atomic E-state index is 0.138. The van der Waals surface area contributed by atoms with Gasteiger partial charge in [-0.3, -0.25) is 4.79 Å².